The van der Waals surface area contributed by atoms with Gasteiger partial charge in [-0.3, -0.25) is 4.98 Å². The molecule has 39 heavy (non-hydrogen) atoms. The monoisotopic (exact) mass is 530 g/mol. The number of halogens is 1. The van der Waals surface area contributed by atoms with E-state index < -0.39 is 11.8 Å². The second-order valence-corrected chi connectivity index (χ2v) is 9.45. The van der Waals surface area contributed by atoms with Gasteiger partial charge < -0.3 is 30.2 Å². The maximum atomic E-state index is 14.9. The van der Waals surface area contributed by atoms with Crippen LogP contribution in [0.25, 0.3) is 10.9 Å². The third-order valence-corrected chi connectivity index (χ3v) is 6.82. The van der Waals surface area contributed by atoms with Crippen LogP contribution in [0.1, 0.15) is 18.4 Å². The zero-order valence-corrected chi connectivity index (χ0v) is 21.9. The fourth-order valence-electron chi connectivity index (χ4n) is 4.75. The first-order valence-corrected chi connectivity index (χ1v) is 12.9. The van der Waals surface area contributed by atoms with Gasteiger partial charge in [-0.05, 0) is 80.2 Å². The Kier molecular flexibility index (Phi) is 8.07. The van der Waals surface area contributed by atoms with E-state index in [2.05, 4.69) is 20.9 Å². The summed E-state index contributed by atoms with van der Waals surface area (Å²) in [6.07, 6.45) is 4.99. The van der Waals surface area contributed by atoms with E-state index in [1.165, 1.54) is 30.5 Å². The molecule has 4 aromatic rings. The molecule has 202 valence electrons. The lowest BCUT2D eigenvalue weighted by molar-refractivity contribution is 0.262. The van der Waals surface area contributed by atoms with Gasteiger partial charge in [0.15, 0.2) is 11.5 Å². The molecule has 9 heteroatoms. The minimum Gasteiger partial charge on any atom is -0.493 e. The minimum absolute atomic E-state index is 0.0355. The lowest BCUT2D eigenvalue weighted by Gasteiger charge is -2.22. The first kappa shape index (κ1) is 26.2. The summed E-state index contributed by atoms with van der Waals surface area (Å²) in [4.78, 5) is 16.9. The van der Waals surface area contributed by atoms with E-state index in [0.29, 0.717) is 39.8 Å². The SMILES string of the molecule is COc1cc2nccc(Oc3ccc(NC(=O)Nc4ccc(CC5CCNCC5)cc4)c(F)c3)c2cc1OC. The summed E-state index contributed by atoms with van der Waals surface area (Å²) in [7, 11) is 3.10. The average molecular weight is 531 g/mol. The lowest BCUT2D eigenvalue weighted by Crippen LogP contribution is -2.28. The Balaban J connectivity index is 1.22. The van der Waals surface area contributed by atoms with E-state index in [4.69, 9.17) is 14.2 Å². The Hall–Kier alpha value is -4.37. The molecule has 3 aromatic carbocycles. The van der Waals surface area contributed by atoms with Crippen LogP contribution in [-0.2, 0) is 6.42 Å². The molecule has 2 heterocycles. The highest BCUT2D eigenvalue weighted by Gasteiger charge is 2.15. The van der Waals surface area contributed by atoms with Gasteiger partial charge in [-0.25, -0.2) is 9.18 Å². The van der Waals surface area contributed by atoms with E-state index in [1.807, 2.05) is 24.3 Å². The Morgan fingerprint density at radius 3 is 2.41 bits per heavy atom. The van der Waals surface area contributed by atoms with E-state index in [-0.39, 0.29) is 11.4 Å². The van der Waals surface area contributed by atoms with Crippen molar-refractivity contribution < 1.29 is 23.4 Å². The van der Waals surface area contributed by atoms with E-state index in [9.17, 15) is 9.18 Å². The normalized spacial score (nSPS) is 13.6. The average Bonchev–Trinajstić information content (AvgIpc) is 2.95. The van der Waals surface area contributed by atoms with Crippen LogP contribution in [0.3, 0.4) is 0 Å². The fourth-order valence-corrected chi connectivity index (χ4v) is 4.75. The molecule has 1 aromatic heterocycles. The van der Waals surface area contributed by atoms with Crippen LogP contribution in [0.15, 0.2) is 66.9 Å². The van der Waals surface area contributed by atoms with Gasteiger partial charge in [0, 0.05) is 29.4 Å². The number of hydrogen-bond acceptors (Lipinski definition) is 6. The highest BCUT2D eigenvalue weighted by Crippen LogP contribution is 2.37. The van der Waals surface area contributed by atoms with Crippen molar-refractivity contribution >= 4 is 28.3 Å². The van der Waals surface area contributed by atoms with Crippen molar-refractivity contribution in [1.82, 2.24) is 10.3 Å². The number of piperidine rings is 1. The first-order valence-electron chi connectivity index (χ1n) is 12.9. The summed E-state index contributed by atoms with van der Waals surface area (Å²) in [5.41, 5.74) is 2.56. The molecule has 1 aliphatic rings. The quantitative estimate of drug-likeness (QED) is 0.245. The number of rotatable bonds is 8. The highest BCUT2D eigenvalue weighted by molar-refractivity contribution is 5.99. The number of pyridine rings is 1. The molecule has 0 spiro atoms. The summed E-state index contributed by atoms with van der Waals surface area (Å²) in [5, 5.41) is 9.38. The topological polar surface area (TPSA) is 93.7 Å². The molecular formula is C30H31FN4O4. The van der Waals surface area contributed by atoms with Gasteiger partial charge in [-0.2, -0.15) is 0 Å². The number of carbonyl (C=O) groups excluding carboxylic acids is 1. The van der Waals surface area contributed by atoms with Crippen molar-refractivity contribution in [2.24, 2.45) is 5.92 Å². The maximum absolute atomic E-state index is 14.9. The van der Waals surface area contributed by atoms with Crippen LogP contribution >= 0.6 is 0 Å². The molecule has 0 bridgehead atoms. The predicted molar refractivity (Wildman–Crippen MR) is 150 cm³/mol. The second-order valence-electron chi connectivity index (χ2n) is 9.45. The fraction of sp³-hybridized carbons (Fsp3) is 0.267. The highest BCUT2D eigenvalue weighted by atomic mass is 19.1. The zero-order valence-electron chi connectivity index (χ0n) is 21.9. The van der Waals surface area contributed by atoms with Crippen LogP contribution < -0.4 is 30.2 Å². The predicted octanol–water partition coefficient (Wildman–Crippen LogP) is 6.37. The van der Waals surface area contributed by atoms with Crippen LogP contribution in [0.2, 0.25) is 0 Å². The summed E-state index contributed by atoms with van der Waals surface area (Å²) in [5.74, 6) is 1.87. The van der Waals surface area contributed by atoms with Gasteiger partial charge in [-0.1, -0.05) is 12.1 Å². The third kappa shape index (κ3) is 6.38. The van der Waals surface area contributed by atoms with Crippen molar-refractivity contribution in [1.29, 1.82) is 0 Å². The van der Waals surface area contributed by atoms with Crippen molar-refractivity contribution in [2.45, 2.75) is 19.3 Å². The van der Waals surface area contributed by atoms with Gasteiger partial charge in [0.1, 0.15) is 17.3 Å². The zero-order chi connectivity index (χ0) is 27.2. The molecule has 1 saturated heterocycles. The number of aromatic nitrogens is 1. The van der Waals surface area contributed by atoms with Crippen LogP contribution in [0, 0.1) is 11.7 Å². The molecule has 0 saturated carbocycles. The second kappa shape index (κ2) is 12.0. The van der Waals surface area contributed by atoms with Crippen LogP contribution in [0.5, 0.6) is 23.0 Å². The summed E-state index contributed by atoms with van der Waals surface area (Å²) in [6.45, 7) is 2.14. The molecule has 3 N–H and O–H groups in total. The molecule has 8 nitrogen and oxygen atoms in total. The molecule has 2 amide bonds. The smallest absolute Gasteiger partial charge is 0.323 e. The number of benzene rings is 3. The standard InChI is InChI=1S/C30H31FN4O4/c1-37-28-17-23-26(18-29(28)38-2)33-14-11-27(23)39-22-7-8-25(24(31)16-22)35-30(36)34-21-5-3-19(4-6-21)15-20-9-12-32-13-10-20/h3-8,11,14,16-18,20,32H,9-10,12-13,15H2,1-2H3,(H2,34,35,36). The number of methoxy groups -OCH3 is 2. The Labute approximate surface area is 226 Å². The first-order chi connectivity index (χ1) is 19.0. The van der Waals surface area contributed by atoms with Gasteiger partial charge in [0.05, 0.1) is 25.4 Å². The van der Waals surface area contributed by atoms with Gasteiger partial charge in [0.25, 0.3) is 0 Å². The Bertz CT molecular complexity index is 1460. The number of amides is 2. The number of nitrogens with one attached hydrogen (secondary N) is 3. The number of fused-ring (bicyclic) bond motifs is 1. The molecule has 0 unspecified atom stereocenters. The Morgan fingerprint density at radius 2 is 1.69 bits per heavy atom. The van der Waals surface area contributed by atoms with Crippen LogP contribution in [0.4, 0.5) is 20.6 Å². The summed E-state index contributed by atoms with van der Waals surface area (Å²) < 4.78 is 31.6. The largest absolute Gasteiger partial charge is 0.493 e. The van der Waals surface area contributed by atoms with E-state index in [0.717, 1.165) is 19.5 Å². The molecule has 0 radical (unpaired) electrons. The van der Waals surface area contributed by atoms with Gasteiger partial charge in [0.2, 0.25) is 0 Å². The number of carbonyl (C=O) groups is 1. The number of anilines is 2. The molecule has 1 fully saturated rings. The molecule has 0 atom stereocenters. The number of hydrogen-bond donors (Lipinski definition) is 3. The maximum Gasteiger partial charge on any atom is 0.323 e. The molecular weight excluding hydrogens is 499 g/mol. The molecule has 5 rings (SSSR count). The minimum atomic E-state index is -0.627. The summed E-state index contributed by atoms with van der Waals surface area (Å²) in [6, 6.07) is 16.7. The number of nitrogens with zero attached hydrogens (tertiary/aromatic N) is 1. The van der Waals surface area contributed by atoms with Crippen molar-refractivity contribution in [3.05, 3.63) is 78.2 Å². The molecule has 1 aliphatic heterocycles. The number of urea groups is 1. The summed E-state index contributed by atoms with van der Waals surface area (Å²) >= 11 is 0. The van der Waals surface area contributed by atoms with E-state index in [1.54, 1.807) is 44.7 Å². The Morgan fingerprint density at radius 1 is 0.949 bits per heavy atom. The molecule has 0 aliphatic carbocycles. The third-order valence-electron chi connectivity index (χ3n) is 6.82. The van der Waals surface area contributed by atoms with Gasteiger partial charge in [-0.15, -0.1) is 0 Å². The van der Waals surface area contributed by atoms with Crippen molar-refractivity contribution in [3.63, 3.8) is 0 Å². The van der Waals surface area contributed by atoms with Crippen LogP contribution in [-0.4, -0.2) is 38.3 Å². The van der Waals surface area contributed by atoms with Gasteiger partial charge >= 0.3 is 6.03 Å². The number of ether oxygens (including phenoxy) is 3. The van der Waals surface area contributed by atoms with Crippen molar-refractivity contribution in [2.75, 3.05) is 37.9 Å². The van der Waals surface area contributed by atoms with E-state index >= 15 is 0 Å². The van der Waals surface area contributed by atoms with Crippen molar-refractivity contribution in [3.8, 4) is 23.0 Å². The lowest BCUT2D eigenvalue weighted by atomic mass is 9.91.